The van der Waals surface area contributed by atoms with Crippen molar-refractivity contribution in [2.24, 2.45) is 0 Å². The first kappa shape index (κ1) is 22.1. The smallest absolute Gasteiger partial charge is 0.414 e. The minimum atomic E-state index is -1.82. The van der Waals surface area contributed by atoms with Crippen LogP contribution in [0.15, 0.2) is 60.7 Å². The molecule has 0 amide bonds. The van der Waals surface area contributed by atoms with Crippen LogP contribution in [0.5, 0.6) is 0 Å². The van der Waals surface area contributed by atoms with Gasteiger partial charge in [-0.1, -0.05) is 60.7 Å². The Kier molecular flexibility index (Phi) is 8.38. The third-order valence-electron chi connectivity index (χ3n) is 5.25. The van der Waals surface area contributed by atoms with Gasteiger partial charge in [0.25, 0.3) is 0 Å². The van der Waals surface area contributed by atoms with Crippen LogP contribution in [-0.4, -0.2) is 34.7 Å². The van der Waals surface area contributed by atoms with E-state index in [4.69, 9.17) is 19.8 Å². The molecule has 0 unspecified atom stereocenters. The summed E-state index contributed by atoms with van der Waals surface area (Å²) in [4.78, 5) is 18.2. The van der Waals surface area contributed by atoms with Gasteiger partial charge < -0.3 is 15.5 Å². The molecule has 0 heterocycles. The summed E-state index contributed by atoms with van der Waals surface area (Å²) >= 11 is 0. The SMILES string of the molecule is N#CC1(c2ccccc2)CCC(NCCc2ccccc2)CC1.O=C(O)C(=O)O. The van der Waals surface area contributed by atoms with Crippen LogP contribution in [0.4, 0.5) is 0 Å². The standard InChI is InChI=1S/C21H24N2.C2H2O4/c22-17-21(19-9-5-2-6-10-19)14-11-20(12-15-21)23-16-13-18-7-3-1-4-8-18;3-1(4)2(5)6/h1-10,20,23H,11-16H2;(H,3,4)(H,5,6). The van der Waals surface area contributed by atoms with Crippen molar-refractivity contribution in [2.45, 2.75) is 43.6 Å². The highest BCUT2D eigenvalue weighted by Crippen LogP contribution is 2.38. The molecule has 29 heavy (non-hydrogen) atoms. The lowest BCUT2D eigenvalue weighted by Crippen LogP contribution is -2.39. The predicted octanol–water partition coefficient (Wildman–Crippen LogP) is 3.38. The fourth-order valence-electron chi connectivity index (χ4n) is 3.60. The Morgan fingerprint density at radius 1 is 0.966 bits per heavy atom. The summed E-state index contributed by atoms with van der Waals surface area (Å²) in [5.74, 6) is -3.65. The van der Waals surface area contributed by atoms with Crippen LogP contribution in [0, 0.1) is 11.3 Å². The quantitative estimate of drug-likeness (QED) is 0.671. The van der Waals surface area contributed by atoms with Gasteiger partial charge in [0.15, 0.2) is 0 Å². The van der Waals surface area contributed by atoms with E-state index in [2.05, 4.69) is 53.9 Å². The molecule has 0 atom stereocenters. The lowest BCUT2D eigenvalue weighted by atomic mass is 9.69. The molecule has 1 fully saturated rings. The summed E-state index contributed by atoms with van der Waals surface area (Å²) < 4.78 is 0. The molecule has 2 aromatic carbocycles. The first-order valence-corrected chi connectivity index (χ1v) is 9.67. The zero-order chi connectivity index (χ0) is 21.1. The maximum absolute atomic E-state index is 9.74. The Morgan fingerprint density at radius 3 is 1.97 bits per heavy atom. The number of hydrogen-bond acceptors (Lipinski definition) is 4. The summed E-state index contributed by atoms with van der Waals surface area (Å²) in [5.41, 5.74) is 2.29. The van der Waals surface area contributed by atoms with Gasteiger partial charge in [-0.15, -0.1) is 0 Å². The monoisotopic (exact) mass is 394 g/mol. The minimum Gasteiger partial charge on any atom is -0.473 e. The molecule has 0 radical (unpaired) electrons. The van der Waals surface area contributed by atoms with Crippen LogP contribution in [0.3, 0.4) is 0 Å². The van der Waals surface area contributed by atoms with Crippen molar-refractivity contribution in [1.29, 1.82) is 5.26 Å². The number of nitriles is 1. The molecule has 0 saturated heterocycles. The summed E-state index contributed by atoms with van der Waals surface area (Å²) in [6, 6.07) is 24.1. The van der Waals surface area contributed by atoms with Crippen LogP contribution in [0.25, 0.3) is 0 Å². The number of aliphatic carboxylic acids is 2. The van der Waals surface area contributed by atoms with Crippen LogP contribution in [0.1, 0.15) is 36.8 Å². The normalized spacial score (nSPS) is 20.6. The summed E-state index contributed by atoms with van der Waals surface area (Å²) in [7, 11) is 0. The lowest BCUT2D eigenvalue weighted by Gasteiger charge is -2.35. The molecular formula is C23H26N2O4. The molecule has 3 rings (SSSR count). The van der Waals surface area contributed by atoms with Crippen molar-refractivity contribution in [3.63, 3.8) is 0 Å². The third-order valence-corrected chi connectivity index (χ3v) is 5.25. The number of rotatable bonds is 5. The summed E-state index contributed by atoms with van der Waals surface area (Å²) in [6.45, 7) is 1.01. The molecule has 1 aliphatic carbocycles. The Balaban J connectivity index is 0.000000438. The van der Waals surface area contributed by atoms with E-state index in [1.807, 2.05) is 18.2 Å². The van der Waals surface area contributed by atoms with E-state index >= 15 is 0 Å². The van der Waals surface area contributed by atoms with E-state index < -0.39 is 11.9 Å². The topological polar surface area (TPSA) is 110 Å². The first-order valence-electron chi connectivity index (χ1n) is 9.67. The molecule has 152 valence electrons. The predicted molar refractivity (Wildman–Crippen MR) is 109 cm³/mol. The Labute approximate surface area is 170 Å². The molecular weight excluding hydrogens is 368 g/mol. The summed E-state index contributed by atoms with van der Waals surface area (Å²) in [5, 5.41) is 28.2. The maximum Gasteiger partial charge on any atom is 0.414 e. The molecule has 0 aliphatic heterocycles. The molecule has 2 aromatic rings. The molecule has 3 N–H and O–H groups in total. The zero-order valence-corrected chi connectivity index (χ0v) is 16.3. The summed E-state index contributed by atoms with van der Waals surface area (Å²) in [6.07, 6.45) is 5.14. The van der Waals surface area contributed by atoms with Crippen LogP contribution in [0.2, 0.25) is 0 Å². The van der Waals surface area contributed by atoms with E-state index in [1.54, 1.807) is 0 Å². The van der Waals surface area contributed by atoms with Crippen molar-refractivity contribution in [1.82, 2.24) is 5.32 Å². The van der Waals surface area contributed by atoms with E-state index in [0.717, 1.165) is 38.6 Å². The van der Waals surface area contributed by atoms with Gasteiger partial charge in [0.05, 0.1) is 11.5 Å². The van der Waals surface area contributed by atoms with Crippen LogP contribution >= 0.6 is 0 Å². The molecule has 6 nitrogen and oxygen atoms in total. The number of nitrogens with one attached hydrogen (secondary N) is 1. The van der Waals surface area contributed by atoms with Gasteiger partial charge in [-0.05, 0) is 49.8 Å². The number of hydrogen-bond donors (Lipinski definition) is 3. The highest BCUT2D eigenvalue weighted by atomic mass is 16.4. The maximum atomic E-state index is 9.74. The fourth-order valence-corrected chi connectivity index (χ4v) is 3.60. The number of carboxylic acid groups (broad SMARTS) is 2. The van der Waals surface area contributed by atoms with E-state index in [-0.39, 0.29) is 5.41 Å². The van der Waals surface area contributed by atoms with Gasteiger partial charge in [0.2, 0.25) is 0 Å². The van der Waals surface area contributed by atoms with E-state index in [0.29, 0.717) is 6.04 Å². The fraction of sp³-hybridized carbons (Fsp3) is 0.348. The van der Waals surface area contributed by atoms with Gasteiger partial charge in [0.1, 0.15) is 0 Å². The molecule has 0 bridgehead atoms. The lowest BCUT2D eigenvalue weighted by molar-refractivity contribution is -0.159. The van der Waals surface area contributed by atoms with Crippen LogP contribution < -0.4 is 5.32 Å². The third kappa shape index (κ3) is 6.74. The van der Waals surface area contributed by atoms with Gasteiger partial charge >= 0.3 is 11.9 Å². The highest BCUT2D eigenvalue weighted by Gasteiger charge is 2.36. The average molecular weight is 394 g/mol. The molecule has 6 heteroatoms. The van der Waals surface area contributed by atoms with Crippen molar-refractivity contribution in [2.75, 3.05) is 6.54 Å². The average Bonchev–Trinajstić information content (AvgIpc) is 2.76. The van der Waals surface area contributed by atoms with Gasteiger partial charge in [0, 0.05) is 6.04 Å². The largest absolute Gasteiger partial charge is 0.473 e. The molecule has 0 spiro atoms. The number of nitrogens with zero attached hydrogens (tertiary/aromatic N) is 1. The highest BCUT2D eigenvalue weighted by molar-refractivity contribution is 6.27. The van der Waals surface area contributed by atoms with Crippen molar-refractivity contribution in [3.05, 3.63) is 71.8 Å². The minimum absolute atomic E-state index is 0.279. The first-order chi connectivity index (χ1) is 14.0. The number of benzene rings is 2. The molecule has 0 aromatic heterocycles. The Hall–Kier alpha value is -3.17. The van der Waals surface area contributed by atoms with E-state index in [9.17, 15) is 5.26 Å². The zero-order valence-electron chi connectivity index (χ0n) is 16.3. The Bertz CT molecular complexity index is 811. The molecule has 1 saturated carbocycles. The van der Waals surface area contributed by atoms with Crippen molar-refractivity contribution >= 4 is 11.9 Å². The number of carboxylic acids is 2. The second kappa shape index (κ2) is 11.0. The molecule has 1 aliphatic rings. The second-order valence-electron chi connectivity index (χ2n) is 7.13. The van der Waals surface area contributed by atoms with E-state index in [1.165, 1.54) is 11.1 Å². The Morgan fingerprint density at radius 2 is 1.48 bits per heavy atom. The van der Waals surface area contributed by atoms with Crippen molar-refractivity contribution in [3.8, 4) is 6.07 Å². The second-order valence-corrected chi connectivity index (χ2v) is 7.13. The van der Waals surface area contributed by atoms with Gasteiger partial charge in [-0.2, -0.15) is 5.26 Å². The van der Waals surface area contributed by atoms with Crippen molar-refractivity contribution < 1.29 is 19.8 Å². The van der Waals surface area contributed by atoms with Crippen LogP contribution in [-0.2, 0) is 21.4 Å². The van der Waals surface area contributed by atoms with Gasteiger partial charge in [-0.3, -0.25) is 0 Å². The van der Waals surface area contributed by atoms with Gasteiger partial charge in [-0.25, -0.2) is 9.59 Å². The number of carbonyl (C=O) groups is 2.